The maximum absolute atomic E-state index is 13.3. The lowest BCUT2D eigenvalue weighted by Gasteiger charge is -2.39. The molecule has 4 aliphatic rings. The average Bonchev–Trinajstić information content (AvgIpc) is 3.81. The van der Waals surface area contributed by atoms with Gasteiger partial charge in [0.25, 0.3) is 11.8 Å². The van der Waals surface area contributed by atoms with Gasteiger partial charge in [0.1, 0.15) is 6.04 Å². The number of rotatable bonds is 13. The second kappa shape index (κ2) is 17.8. The Balaban J connectivity index is 0.783. The molecule has 0 bridgehead atoms. The summed E-state index contributed by atoms with van der Waals surface area (Å²) in [6.07, 6.45) is 4.59. The number of amides is 6. The van der Waals surface area contributed by atoms with Gasteiger partial charge in [-0.15, -0.1) is 0 Å². The average molecular weight is 835 g/mol. The molecule has 6 heterocycles. The zero-order valence-corrected chi connectivity index (χ0v) is 34.9. The van der Waals surface area contributed by atoms with Gasteiger partial charge in [0, 0.05) is 75.7 Å². The number of aromatic nitrogens is 4. The minimum absolute atomic E-state index is 0.0267. The number of piperazine rings is 1. The van der Waals surface area contributed by atoms with E-state index in [1.54, 1.807) is 16.6 Å². The number of aliphatic hydroxyl groups is 1. The molecule has 322 valence electrons. The molecule has 18 nitrogen and oxygen atoms in total. The molecule has 3 saturated heterocycles. The van der Waals surface area contributed by atoms with Crippen LogP contribution < -0.4 is 26.2 Å². The molecule has 2 atom stereocenters. The van der Waals surface area contributed by atoms with Gasteiger partial charge in [0.15, 0.2) is 5.65 Å². The predicted octanol–water partition coefficient (Wildman–Crippen LogP) is 3.51. The molecular weight excluding hydrogens is 781 g/mol. The third-order valence-electron chi connectivity index (χ3n) is 12.3. The van der Waals surface area contributed by atoms with E-state index in [2.05, 4.69) is 55.0 Å². The van der Waals surface area contributed by atoms with Crippen LogP contribution >= 0.6 is 0 Å². The minimum atomic E-state index is -0.984. The summed E-state index contributed by atoms with van der Waals surface area (Å²) in [6.45, 7) is 12.2. The quantitative estimate of drug-likeness (QED) is 0.122. The van der Waals surface area contributed by atoms with Crippen LogP contribution in [0.3, 0.4) is 0 Å². The van der Waals surface area contributed by atoms with Gasteiger partial charge in [-0.1, -0.05) is 32.9 Å². The predicted molar refractivity (Wildman–Crippen MR) is 229 cm³/mol. The molecule has 4 aromatic rings. The van der Waals surface area contributed by atoms with Crippen LogP contribution in [0.4, 0.5) is 28.1 Å². The van der Waals surface area contributed by atoms with Gasteiger partial charge >= 0.3 is 6.03 Å². The fourth-order valence-corrected chi connectivity index (χ4v) is 8.56. The first-order chi connectivity index (χ1) is 29.5. The highest BCUT2D eigenvalue weighted by Crippen LogP contribution is 2.32. The number of carbonyl (C=O) groups excluding carboxylic acids is 5. The van der Waals surface area contributed by atoms with E-state index in [9.17, 15) is 29.1 Å². The van der Waals surface area contributed by atoms with Gasteiger partial charge in [-0.05, 0) is 73.4 Å². The normalized spacial score (nSPS) is 19.4. The van der Waals surface area contributed by atoms with E-state index in [-0.39, 0.29) is 43.0 Å². The first-order valence-corrected chi connectivity index (χ1v) is 21.3. The summed E-state index contributed by atoms with van der Waals surface area (Å²) in [5.74, 6) is -0.354. The highest BCUT2D eigenvalue weighted by atomic mass is 16.3. The van der Waals surface area contributed by atoms with Gasteiger partial charge in [0.05, 0.1) is 30.0 Å². The first kappa shape index (κ1) is 41.6. The van der Waals surface area contributed by atoms with E-state index in [0.29, 0.717) is 48.7 Å². The lowest BCUT2D eigenvalue weighted by atomic mass is 9.96. The molecule has 4 aliphatic heterocycles. The maximum Gasteiger partial charge on any atom is 0.321 e. The Hall–Kier alpha value is -6.14. The number of hydrogen-bond donors (Lipinski definition) is 5. The summed E-state index contributed by atoms with van der Waals surface area (Å²) in [5, 5.41) is 26.2. The summed E-state index contributed by atoms with van der Waals surface area (Å²) < 4.78 is 1.70. The Morgan fingerprint density at radius 3 is 2.34 bits per heavy atom. The lowest BCUT2D eigenvalue weighted by Crippen LogP contribution is -2.54. The molecule has 2 aromatic carbocycles. The second-order valence-electron chi connectivity index (χ2n) is 16.7. The highest BCUT2D eigenvalue weighted by molar-refractivity contribution is 6.23. The van der Waals surface area contributed by atoms with Crippen molar-refractivity contribution in [3.63, 3.8) is 0 Å². The molecule has 0 saturated carbocycles. The molecule has 0 aliphatic carbocycles. The van der Waals surface area contributed by atoms with E-state index in [1.807, 2.05) is 48.4 Å². The molecule has 61 heavy (non-hydrogen) atoms. The van der Waals surface area contributed by atoms with Crippen LogP contribution in [0.2, 0.25) is 0 Å². The van der Waals surface area contributed by atoms with E-state index in [0.717, 1.165) is 79.4 Å². The molecule has 1 unspecified atom stereocenters. The van der Waals surface area contributed by atoms with Crippen LogP contribution in [-0.2, 0) is 16.1 Å². The molecule has 6 amide bonds. The van der Waals surface area contributed by atoms with E-state index in [4.69, 9.17) is 4.98 Å². The van der Waals surface area contributed by atoms with Gasteiger partial charge < -0.3 is 30.9 Å². The van der Waals surface area contributed by atoms with Crippen molar-refractivity contribution in [2.75, 3.05) is 73.3 Å². The number of fused-ring (bicyclic) bond motifs is 2. The van der Waals surface area contributed by atoms with Crippen LogP contribution in [0, 0.1) is 5.92 Å². The number of carbonyl (C=O) groups is 5. The number of likely N-dealkylation sites (tertiary alicyclic amines) is 1. The van der Waals surface area contributed by atoms with E-state index < -0.39 is 29.7 Å². The Bertz CT molecular complexity index is 2290. The Morgan fingerprint density at radius 2 is 1.66 bits per heavy atom. The Labute approximate surface area is 354 Å². The van der Waals surface area contributed by atoms with Crippen molar-refractivity contribution in [2.24, 2.45) is 5.92 Å². The lowest BCUT2D eigenvalue weighted by molar-refractivity contribution is -0.136. The van der Waals surface area contributed by atoms with Crippen molar-refractivity contribution in [2.45, 2.75) is 77.4 Å². The van der Waals surface area contributed by atoms with Crippen LogP contribution in [-0.4, -0.2) is 134 Å². The van der Waals surface area contributed by atoms with Gasteiger partial charge in [-0.2, -0.15) is 19.6 Å². The third-order valence-corrected chi connectivity index (χ3v) is 12.3. The Kier molecular flexibility index (Phi) is 12.2. The van der Waals surface area contributed by atoms with Gasteiger partial charge in [-0.25, -0.2) is 4.79 Å². The first-order valence-electron chi connectivity index (χ1n) is 21.3. The standard InChI is InChI=1S/C43H54N12O6/c1-4-29(25-56)46-41-49-37-34(26(2)3)23-45-55(37)42(50-41)44-22-27-5-7-30(8-6-27)47-43(61)53-15-13-28(14-16-53)24-51-17-19-52(20-18-51)31-9-10-32-33(21-31)40(60)54(39(32)59)35-11-12-36(57)48-38(35)58/h5-10,21,23,26,28-29,35,56H,4,11-20,22,24-25H2,1-3H3,(H,47,61)(H,48,57,58)(H2,44,46,49,50)/t29-,35?/m0/s1. The summed E-state index contributed by atoms with van der Waals surface area (Å²) in [5.41, 5.74) is 4.87. The number of nitrogens with zero attached hydrogens (tertiary/aromatic N) is 8. The van der Waals surface area contributed by atoms with Crippen LogP contribution in [0.25, 0.3) is 5.65 Å². The summed E-state index contributed by atoms with van der Waals surface area (Å²) >= 11 is 0. The number of benzene rings is 2. The molecule has 18 heteroatoms. The molecule has 8 rings (SSSR count). The summed E-state index contributed by atoms with van der Waals surface area (Å²) in [4.78, 5) is 80.7. The largest absolute Gasteiger partial charge is 0.394 e. The monoisotopic (exact) mass is 834 g/mol. The number of nitrogens with one attached hydrogen (secondary N) is 4. The van der Waals surface area contributed by atoms with Crippen LogP contribution in [0.5, 0.6) is 0 Å². The van der Waals surface area contributed by atoms with Crippen molar-refractivity contribution in [1.29, 1.82) is 0 Å². The second-order valence-corrected chi connectivity index (χ2v) is 16.7. The number of anilines is 4. The number of aliphatic hydroxyl groups excluding tert-OH is 1. The number of piperidine rings is 2. The molecule has 2 aromatic heterocycles. The van der Waals surface area contributed by atoms with Gasteiger partial charge in [0.2, 0.25) is 23.7 Å². The molecule has 3 fully saturated rings. The summed E-state index contributed by atoms with van der Waals surface area (Å²) in [6, 6.07) is 11.8. The van der Waals surface area contributed by atoms with Crippen molar-refractivity contribution >= 4 is 58.6 Å². The van der Waals surface area contributed by atoms with Crippen LogP contribution in [0.15, 0.2) is 48.7 Å². The third kappa shape index (κ3) is 8.86. The van der Waals surface area contributed by atoms with Crippen LogP contribution in [0.1, 0.15) is 90.6 Å². The van der Waals surface area contributed by atoms with Crippen molar-refractivity contribution in [3.8, 4) is 0 Å². The summed E-state index contributed by atoms with van der Waals surface area (Å²) in [7, 11) is 0. The maximum atomic E-state index is 13.3. The number of hydrogen-bond acceptors (Lipinski definition) is 13. The minimum Gasteiger partial charge on any atom is -0.394 e. The number of imide groups is 2. The van der Waals surface area contributed by atoms with E-state index in [1.165, 1.54) is 0 Å². The SMILES string of the molecule is CC[C@@H](CO)Nc1nc(NCc2ccc(NC(=O)N3CCC(CN4CCN(c5ccc6c(c5)C(=O)N(C5CCC(=O)NC5=O)C6=O)CC4)CC3)cc2)n2ncc(C(C)C)c2n1. The molecular formula is C43H54N12O6. The Morgan fingerprint density at radius 1 is 0.918 bits per heavy atom. The molecule has 0 spiro atoms. The van der Waals surface area contributed by atoms with Crippen molar-refractivity contribution in [3.05, 3.63) is 70.9 Å². The molecule has 5 N–H and O–H groups in total. The smallest absolute Gasteiger partial charge is 0.321 e. The van der Waals surface area contributed by atoms with Gasteiger partial charge in [-0.3, -0.25) is 34.3 Å². The zero-order valence-electron chi connectivity index (χ0n) is 34.9. The zero-order chi connectivity index (χ0) is 42.8. The van der Waals surface area contributed by atoms with Crippen molar-refractivity contribution in [1.82, 2.24) is 39.6 Å². The fourth-order valence-electron chi connectivity index (χ4n) is 8.56. The fraction of sp³-hybridized carbons (Fsp3) is 0.488. The van der Waals surface area contributed by atoms with E-state index >= 15 is 0 Å². The number of urea groups is 1. The topological polar surface area (TPSA) is 210 Å². The highest BCUT2D eigenvalue weighted by Gasteiger charge is 2.45. The molecule has 0 radical (unpaired) electrons. The van der Waals surface area contributed by atoms with Crippen molar-refractivity contribution < 1.29 is 29.1 Å².